The minimum absolute atomic E-state index is 0.0433. The van der Waals surface area contributed by atoms with Gasteiger partial charge in [0, 0.05) is 16.8 Å². The van der Waals surface area contributed by atoms with Crippen LogP contribution in [0.3, 0.4) is 0 Å². The lowest BCUT2D eigenvalue weighted by Crippen LogP contribution is -2.03. The molecule has 0 aromatic heterocycles. The van der Waals surface area contributed by atoms with Gasteiger partial charge in [0.05, 0.1) is 0 Å². The maximum absolute atomic E-state index is 12.5. The summed E-state index contributed by atoms with van der Waals surface area (Å²) in [6.45, 7) is 0. The molecule has 0 bridgehead atoms. The van der Waals surface area contributed by atoms with Crippen LogP contribution in [0.25, 0.3) is 33.2 Å². The smallest absolute Gasteiger partial charge is 0.256 e. The number of carbonyl (C=O) groups excluding carboxylic acids is 1. The van der Waals surface area contributed by atoms with Gasteiger partial charge in [-0.25, -0.2) is 0 Å². The first kappa shape index (κ1) is 14.0. The van der Waals surface area contributed by atoms with Gasteiger partial charge in [0.2, 0.25) is 0 Å². The summed E-state index contributed by atoms with van der Waals surface area (Å²) in [5.74, 6) is -0.0433. The van der Waals surface area contributed by atoms with Crippen LogP contribution in [-0.2, 0) is 4.79 Å². The fraction of sp³-hybridized carbons (Fsp3) is 0. The van der Waals surface area contributed by atoms with Crippen molar-refractivity contribution in [3.05, 3.63) is 90.0 Å². The molecular weight excluding hydrogens is 306 g/mol. The van der Waals surface area contributed by atoms with E-state index in [0.717, 1.165) is 33.2 Å². The van der Waals surface area contributed by atoms with E-state index in [0.29, 0.717) is 0 Å². The molecule has 118 valence electrons. The SMILES string of the molecule is O=C1Nc2ccccc2/C1=C\c1c2ccccc2cc2ccccc12. The van der Waals surface area contributed by atoms with Gasteiger partial charge in [0.15, 0.2) is 0 Å². The summed E-state index contributed by atoms with van der Waals surface area (Å²) in [5.41, 5.74) is 3.65. The van der Waals surface area contributed by atoms with E-state index in [4.69, 9.17) is 0 Å². The predicted molar refractivity (Wildman–Crippen MR) is 104 cm³/mol. The van der Waals surface area contributed by atoms with E-state index in [1.54, 1.807) is 0 Å². The van der Waals surface area contributed by atoms with Gasteiger partial charge in [0.25, 0.3) is 5.91 Å². The summed E-state index contributed by atoms with van der Waals surface area (Å²) in [4.78, 5) is 12.5. The number of nitrogens with one attached hydrogen (secondary N) is 1. The van der Waals surface area contributed by atoms with Crippen molar-refractivity contribution in [2.75, 3.05) is 5.32 Å². The molecule has 25 heavy (non-hydrogen) atoms. The van der Waals surface area contributed by atoms with E-state index in [-0.39, 0.29) is 5.91 Å². The monoisotopic (exact) mass is 321 g/mol. The van der Waals surface area contributed by atoms with Crippen molar-refractivity contribution in [3.63, 3.8) is 0 Å². The number of anilines is 1. The maximum Gasteiger partial charge on any atom is 0.256 e. The lowest BCUT2D eigenvalue weighted by Gasteiger charge is -2.09. The molecule has 0 saturated heterocycles. The van der Waals surface area contributed by atoms with Crippen LogP contribution in [0, 0.1) is 0 Å². The Hall–Kier alpha value is -3.39. The maximum atomic E-state index is 12.5. The number of hydrogen-bond acceptors (Lipinski definition) is 1. The van der Waals surface area contributed by atoms with Crippen molar-refractivity contribution in [2.45, 2.75) is 0 Å². The third-order valence-electron chi connectivity index (χ3n) is 4.81. The molecule has 4 aromatic carbocycles. The highest BCUT2D eigenvalue weighted by Crippen LogP contribution is 2.36. The van der Waals surface area contributed by atoms with Crippen LogP contribution < -0.4 is 5.32 Å². The van der Waals surface area contributed by atoms with E-state index in [9.17, 15) is 4.79 Å². The minimum atomic E-state index is -0.0433. The molecule has 0 atom stereocenters. The van der Waals surface area contributed by atoms with E-state index >= 15 is 0 Å². The fourth-order valence-corrected chi connectivity index (χ4v) is 3.63. The van der Waals surface area contributed by atoms with Crippen molar-refractivity contribution in [1.82, 2.24) is 0 Å². The number of benzene rings is 4. The van der Waals surface area contributed by atoms with Crippen LogP contribution in [0.2, 0.25) is 0 Å². The summed E-state index contributed by atoms with van der Waals surface area (Å²) in [6, 6.07) is 26.7. The van der Waals surface area contributed by atoms with Crippen molar-refractivity contribution in [1.29, 1.82) is 0 Å². The molecule has 0 saturated carbocycles. The molecule has 0 radical (unpaired) electrons. The molecule has 1 N–H and O–H groups in total. The first-order valence-electron chi connectivity index (χ1n) is 8.34. The Morgan fingerprint density at radius 3 is 2.04 bits per heavy atom. The highest BCUT2D eigenvalue weighted by Gasteiger charge is 2.23. The average molecular weight is 321 g/mol. The Bertz CT molecular complexity index is 1130. The number of amides is 1. The minimum Gasteiger partial charge on any atom is -0.321 e. The van der Waals surface area contributed by atoms with Crippen molar-refractivity contribution in [2.24, 2.45) is 0 Å². The second-order valence-corrected chi connectivity index (χ2v) is 6.29. The topological polar surface area (TPSA) is 29.1 Å². The molecule has 0 unspecified atom stereocenters. The van der Waals surface area contributed by atoms with Crippen molar-refractivity contribution in [3.8, 4) is 0 Å². The Kier molecular flexibility index (Phi) is 2.98. The second kappa shape index (κ2) is 5.32. The zero-order valence-electron chi connectivity index (χ0n) is 13.5. The zero-order valence-corrected chi connectivity index (χ0v) is 13.5. The molecule has 1 aliphatic heterocycles. The van der Waals surface area contributed by atoms with Crippen LogP contribution in [0.4, 0.5) is 5.69 Å². The van der Waals surface area contributed by atoms with Crippen molar-refractivity contribution >= 4 is 44.8 Å². The van der Waals surface area contributed by atoms with Crippen LogP contribution in [-0.4, -0.2) is 5.91 Å². The molecule has 1 aliphatic rings. The number of carbonyl (C=O) groups is 1. The van der Waals surface area contributed by atoms with Gasteiger partial charge in [-0.15, -0.1) is 0 Å². The van der Waals surface area contributed by atoms with E-state index in [1.165, 1.54) is 10.8 Å². The molecule has 4 aromatic rings. The van der Waals surface area contributed by atoms with Gasteiger partial charge in [0.1, 0.15) is 0 Å². The van der Waals surface area contributed by atoms with Gasteiger partial charge in [-0.2, -0.15) is 0 Å². The van der Waals surface area contributed by atoms with Gasteiger partial charge in [-0.05, 0) is 45.3 Å². The summed E-state index contributed by atoms with van der Waals surface area (Å²) >= 11 is 0. The third-order valence-corrected chi connectivity index (χ3v) is 4.81. The van der Waals surface area contributed by atoms with E-state index < -0.39 is 0 Å². The first-order chi connectivity index (χ1) is 12.3. The summed E-state index contributed by atoms with van der Waals surface area (Å²) < 4.78 is 0. The van der Waals surface area contributed by atoms with E-state index in [1.807, 2.05) is 54.6 Å². The number of hydrogen-bond donors (Lipinski definition) is 1. The Morgan fingerprint density at radius 1 is 0.720 bits per heavy atom. The average Bonchev–Trinajstić information content (AvgIpc) is 2.97. The molecule has 0 aliphatic carbocycles. The number of para-hydroxylation sites is 1. The third kappa shape index (κ3) is 2.15. The van der Waals surface area contributed by atoms with Crippen LogP contribution >= 0.6 is 0 Å². The summed E-state index contributed by atoms with van der Waals surface area (Å²) in [7, 11) is 0. The summed E-state index contributed by atoms with van der Waals surface area (Å²) in [6.07, 6.45) is 2.03. The Balaban J connectivity index is 1.87. The normalized spacial score (nSPS) is 14.9. The van der Waals surface area contributed by atoms with Crippen LogP contribution in [0.1, 0.15) is 11.1 Å². The number of rotatable bonds is 1. The molecule has 5 rings (SSSR count). The van der Waals surface area contributed by atoms with Crippen LogP contribution in [0.15, 0.2) is 78.9 Å². The molecule has 1 heterocycles. The molecule has 2 heteroatoms. The van der Waals surface area contributed by atoms with Gasteiger partial charge in [-0.3, -0.25) is 4.79 Å². The molecule has 0 spiro atoms. The standard InChI is InChI=1S/C23H15NO/c25-23-21(19-11-5-6-12-22(19)24-23)14-20-17-9-3-1-7-15(17)13-16-8-2-4-10-18(16)20/h1-14H,(H,24,25)/b21-14+. The lowest BCUT2D eigenvalue weighted by molar-refractivity contribution is -0.110. The molecule has 2 nitrogen and oxygen atoms in total. The highest BCUT2D eigenvalue weighted by molar-refractivity contribution is 6.35. The predicted octanol–water partition coefficient (Wildman–Crippen LogP) is 5.49. The van der Waals surface area contributed by atoms with Gasteiger partial charge >= 0.3 is 0 Å². The Morgan fingerprint density at radius 2 is 1.32 bits per heavy atom. The highest BCUT2D eigenvalue weighted by atomic mass is 16.2. The summed E-state index contributed by atoms with van der Waals surface area (Å²) in [5, 5.41) is 7.63. The van der Waals surface area contributed by atoms with E-state index in [2.05, 4.69) is 35.6 Å². The first-order valence-corrected chi connectivity index (χ1v) is 8.34. The fourth-order valence-electron chi connectivity index (χ4n) is 3.63. The largest absolute Gasteiger partial charge is 0.321 e. The number of fused-ring (bicyclic) bond motifs is 3. The van der Waals surface area contributed by atoms with Gasteiger partial charge < -0.3 is 5.32 Å². The quantitative estimate of drug-likeness (QED) is 0.365. The Labute approximate surface area is 145 Å². The zero-order chi connectivity index (χ0) is 16.8. The molecular formula is C23H15NO. The van der Waals surface area contributed by atoms with Crippen molar-refractivity contribution < 1.29 is 4.79 Å². The molecule has 1 amide bonds. The molecule has 0 fully saturated rings. The lowest BCUT2D eigenvalue weighted by atomic mass is 9.94. The van der Waals surface area contributed by atoms with Crippen LogP contribution in [0.5, 0.6) is 0 Å². The second-order valence-electron chi connectivity index (χ2n) is 6.29. The van der Waals surface area contributed by atoms with Gasteiger partial charge in [-0.1, -0.05) is 66.7 Å².